The Bertz CT molecular complexity index is 6090. The number of hydrogen-bond acceptors (Lipinski definition) is 30. The van der Waals surface area contributed by atoms with Gasteiger partial charge in [0.1, 0.15) is 42.7 Å². The number of thiazole rings is 4. The summed E-state index contributed by atoms with van der Waals surface area (Å²) in [6, 6.07) is 79.2. The maximum atomic E-state index is 12.0. The van der Waals surface area contributed by atoms with Crippen LogP contribution in [-0.4, -0.2) is 108 Å². The molecule has 0 unspecified atom stereocenters. The molecule has 40 heteroatoms. The molecule has 1 amide bonds. The van der Waals surface area contributed by atoms with Gasteiger partial charge in [0.05, 0.1) is 88.3 Å². The Balaban J connectivity index is 0.000000222. The zero-order valence-electron chi connectivity index (χ0n) is 73.0. The van der Waals surface area contributed by atoms with E-state index in [1.807, 2.05) is 173 Å². The number of ether oxygens (including phenoxy) is 2. The van der Waals surface area contributed by atoms with E-state index >= 15 is 0 Å². The lowest BCUT2D eigenvalue weighted by Gasteiger charge is -2.23. The second-order valence-electron chi connectivity index (χ2n) is 29.5. The highest BCUT2D eigenvalue weighted by molar-refractivity contribution is 9.09. The number of nitrogens with zero attached hydrogens (tertiary/aromatic N) is 12. The molecule has 0 bridgehead atoms. The smallest absolute Gasteiger partial charge is 0.408 e. The number of thiocarbonyl (C=S) groups is 3. The number of isothiocyanates is 2. The molecule has 14 aromatic rings. The number of aliphatic imine (C=N–C) groups is 2. The fourth-order valence-electron chi connectivity index (χ4n) is 11.9. The Kier molecular flexibility index (Phi) is 45.6. The number of ketones is 1. The van der Waals surface area contributed by atoms with Gasteiger partial charge in [-0.1, -0.05) is 240 Å². The average molecular weight is 2090 g/mol. The lowest BCUT2D eigenvalue weighted by Crippen LogP contribution is -2.45. The largest absolute Gasteiger partial charge is 0.464 e. The number of nitrogens with one attached hydrogen (secondary N) is 1. The Morgan fingerprint density at radius 1 is 0.456 bits per heavy atom. The molecular weight excluding hydrogens is 2000 g/mol. The summed E-state index contributed by atoms with van der Waals surface area (Å²) in [4.78, 5) is 115. The minimum Gasteiger partial charge on any atom is -0.464 e. The number of alkyl carbamates (subject to hydrolysis) is 1. The van der Waals surface area contributed by atoms with E-state index in [0.29, 0.717) is 36.2 Å². The third kappa shape index (κ3) is 37.1. The number of nitro benzene ring substituents is 5. The SMILES string of the molecule is Br.CC(C)(C)OC(=O)N[C@@H](Cc1ccc([N+](=O)[O-])cc1)C(=O)CBr.NC(=S)c1ccccc1.N[C@@H](Cc1ccc([N+](=O)[O-])cc1)c1csc(-c2ccccc2)n1.N[C@@H](Cc1ccc([N+](=O)[O-])cc1)c1csc(-c2ccccc2)n1.O=[N+]([O-])c1ccc(C[C@H](N=C=S)c2csc(-c3ccccc3)n2)cc1.O=[N+]([O-])c1ccc(C[C@H](N=C=S)c2csc(-c3ccccc3)n2)cc1.[C-]#[N+]CC(=O)OC. The van der Waals surface area contributed by atoms with E-state index < -0.39 is 48.3 Å². The number of hydrogen-bond donors (Lipinski definition) is 4. The van der Waals surface area contributed by atoms with Crippen molar-refractivity contribution in [2.45, 2.75) is 88.7 Å². The molecular formula is C96H88Br2N16O15S7. The molecule has 698 valence electrons. The number of esters is 1. The average Bonchev–Trinajstić information content (AvgIpc) is 1.74. The number of amides is 1. The van der Waals surface area contributed by atoms with E-state index in [0.717, 1.165) is 92.9 Å². The highest BCUT2D eigenvalue weighted by Gasteiger charge is 2.26. The van der Waals surface area contributed by atoms with Crippen LogP contribution in [0.1, 0.15) is 101 Å². The van der Waals surface area contributed by atoms with Crippen LogP contribution in [0.4, 0.5) is 33.2 Å². The Hall–Kier alpha value is -14.0. The summed E-state index contributed by atoms with van der Waals surface area (Å²) < 4.78 is 9.28. The van der Waals surface area contributed by atoms with Crippen molar-refractivity contribution in [3.8, 4) is 42.3 Å². The fraction of sp³-hybridized carbons (Fsp3) is 0.177. The van der Waals surface area contributed by atoms with Crippen LogP contribution in [0.2, 0.25) is 0 Å². The van der Waals surface area contributed by atoms with Crippen LogP contribution in [0.25, 0.3) is 47.1 Å². The van der Waals surface area contributed by atoms with Crippen molar-refractivity contribution in [3.63, 3.8) is 0 Å². The molecule has 7 N–H and O–H groups in total. The highest BCUT2D eigenvalue weighted by atomic mass is 79.9. The number of carbonyl (C=O) groups excluding carboxylic acids is 3. The van der Waals surface area contributed by atoms with Crippen molar-refractivity contribution in [2.75, 3.05) is 19.0 Å². The van der Waals surface area contributed by atoms with Gasteiger partial charge in [0.15, 0.2) is 5.78 Å². The molecule has 4 heterocycles. The number of carbonyl (C=O) groups is 3. The summed E-state index contributed by atoms with van der Waals surface area (Å²) >= 11 is 23.6. The van der Waals surface area contributed by atoms with E-state index in [-0.39, 0.29) is 93.7 Å². The summed E-state index contributed by atoms with van der Waals surface area (Å²) in [6.07, 6.45) is 1.84. The molecule has 5 atom stereocenters. The normalized spacial score (nSPS) is 11.3. The van der Waals surface area contributed by atoms with Crippen LogP contribution in [0, 0.1) is 57.1 Å². The molecule has 0 radical (unpaired) electrons. The lowest BCUT2D eigenvalue weighted by atomic mass is 10.0. The van der Waals surface area contributed by atoms with Crippen molar-refractivity contribution in [1.82, 2.24) is 25.3 Å². The molecule has 0 saturated heterocycles. The quantitative estimate of drug-likeness (QED) is 0.00618. The monoisotopic (exact) mass is 2090 g/mol. The first-order valence-electron chi connectivity index (χ1n) is 40.5. The van der Waals surface area contributed by atoms with E-state index in [2.05, 4.69) is 71.1 Å². The molecule has 31 nitrogen and oxygen atoms in total. The highest BCUT2D eigenvalue weighted by Crippen LogP contribution is 2.34. The number of non-ortho nitro benzene ring substituents is 5. The Labute approximate surface area is 833 Å². The summed E-state index contributed by atoms with van der Waals surface area (Å²) in [5.74, 6) is -0.691. The molecule has 10 aromatic carbocycles. The van der Waals surface area contributed by atoms with E-state index in [4.69, 9.17) is 65.2 Å². The van der Waals surface area contributed by atoms with Gasteiger partial charge in [0, 0.05) is 123 Å². The molecule has 0 aliphatic rings. The van der Waals surface area contributed by atoms with E-state index in [9.17, 15) is 65.0 Å². The van der Waals surface area contributed by atoms with Gasteiger partial charge in [-0.25, -0.2) is 46.1 Å². The van der Waals surface area contributed by atoms with Crippen molar-refractivity contribution in [3.05, 3.63) is 413 Å². The van der Waals surface area contributed by atoms with Crippen LogP contribution < -0.4 is 22.5 Å². The zero-order valence-corrected chi connectivity index (χ0v) is 82.0. The number of halogens is 2. The van der Waals surface area contributed by atoms with Gasteiger partial charge in [-0.2, -0.15) is 0 Å². The Morgan fingerprint density at radius 2 is 0.721 bits per heavy atom. The van der Waals surface area contributed by atoms with E-state index in [1.165, 1.54) is 67.8 Å². The molecule has 14 rings (SSSR count). The zero-order chi connectivity index (χ0) is 97.8. The topological polar surface area (TPSA) is 456 Å². The number of alkyl halides is 1. The van der Waals surface area contributed by atoms with Crippen molar-refractivity contribution >= 4 is 177 Å². The van der Waals surface area contributed by atoms with Crippen LogP contribution in [-0.2, 0) is 51.2 Å². The third-order valence-electron chi connectivity index (χ3n) is 18.7. The molecule has 0 aliphatic heterocycles. The van der Waals surface area contributed by atoms with E-state index in [1.54, 1.807) is 127 Å². The second-order valence-corrected chi connectivity index (χ2v) is 34.3. The van der Waals surface area contributed by atoms with Gasteiger partial charge in [-0.15, -0.1) is 62.3 Å². The molecule has 136 heavy (non-hydrogen) atoms. The van der Waals surface area contributed by atoms with Crippen LogP contribution in [0.15, 0.2) is 304 Å². The van der Waals surface area contributed by atoms with Crippen LogP contribution >= 0.6 is 115 Å². The Morgan fingerprint density at radius 3 is 0.956 bits per heavy atom. The van der Waals surface area contributed by atoms with Crippen molar-refractivity contribution in [2.24, 2.45) is 27.2 Å². The lowest BCUT2D eigenvalue weighted by molar-refractivity contribution is -0.385. The number of nitro groups is 5. The van der Waals surface area contributed by atoms with Gasteiger partial charge < -0.3 is 36.8 Å². The van der Waals surface area contributed by atoms with Gasteiger partial charge in [-0.3, -0.25) is 55.4 Å². The number of aromatic nitrogens is 4. The number of nitrogens with two attached hydrogens (primary N) is 3. The van der Waals surface area contributed by atoms with Gasteiger partial charge in [-0.05, 0) is 92.3 Å². The molecule has 0 aliphatic carbocycles. The first-order valence-corrected chi connectivity index (χ1v) is 46.4. The standard InChI is InChI=1S/2C18H13N3O2S2.2C17H15N3O2S.C15H19BrN2O5.C7H7NS.C4H5NO2.BrH/c2*22-21(23)15-8-6-13(7-9-15)10-16(19-12-24)17-11-25-18(20-17)14-4-2-1-3-5-14;2*18-15(10-12-6-8-14(9-7-12)20(21)22)16-11-23-17(19-16)13-4-2-1-3-5-13;1-15(2,3)23-14(20)17-12(13(19)9-16)8-10-4-6-11(7-5-10)18(21)22;8-7(9)6-4-2-1-3-5-6;1-5-3-4(6)7-2;/h2*1-9,11,16H,10H2;2*1-9,11,15H,10,18H2;4-7,12H,8-9H2,1-3H3,(H,17,20);1-5H,(H2,8,9);3H2,2H3;1H/t2*16-;2*15-;12-;;;/m00000.../s1. The summed E-state index contributed by atoms with van der Waals surface area (Å²) in [7, 11) is 1.26. The molecule has 4 aromatic heterocycles. The number of Topliss-reactive ketones (excluding diaryl/α,β-unsaturated/α-hetero) is 1. The van der Waals surface area contributed by atoms with Crippen LogP contribution in [0.3, 0.4) is 0 Å². The van der Waals surface area contributed by atoms with Crippen molar-refractivity contribution in [1.29, 1.82) is 0 Å². The van der Waals surface area contributed by atoms with Gasteiger partial charge in [0.25, 0.3) is 28.4 Å². The maximum absolute atomic E-state index is 12.0. The predicted molar refractivity (Wildman–Crippen MR) is 552 cm³/mol. The number of methoxy groups -OCH3 is 1. The van der Waals surface area contributed by atoms with Crippen LogP contribution in [0.5, 0.6) is 0 Å². The molecule has 0 saturated carbocycles. The fourth-order valence-corrected chi connectivity index (χ4v) is 16.2. The second kappa shape index (κ2) is 56.9. The third-order valence-corrected chi connectivity index (χ3v) is 23.3. The number of benzene rings is 10. The first kappa shape index (κ1) is 109. The van der Waals surface area contributed by atoms with Crippen molar-refractivity contribution < 1.29 is 48.5 Å². The maximum Gasteiger partial charge on any atom is 0.408 e. The molecule has 0 spiro atoms. The minimum absolute atomic E-state index is 0. The summed E-state index contributed by atoms with van der Waals surface area (Å²) in [6.45, 7) is 11.2. The predicted octanol–water partition coefficient (Wildman–Crippen LogP) is 23.1. The summed E-state index contributed by atoms with van der Waals surface area (Å²) in [5.41, 5.74) is 30.4. The number of rotatable bonds is 30. The van der Waals surface area contributed by atoms with Gasteiger partial charge >= 0.3 is 18.6 Å². The van der Waals surface area contributed by atoms with Gasteiger partial charge in [0.2, 0.25) is 0 Å². The first-order chi connectivity index (χ1) is 64.8. The minimum atomic E-state index is -0.773. The summed E-state index contributed by atoms with van der Waals surface area (Å²) in [5, 5.41) is 72.6. The molecule has 0 fully saturated rings.